The first-order valence-corrected chi connectivity index (χ1v) is 7.60. The van der Waals surface area contributed by atoms with Gasteiger partial charge >= 0.3 is 6.03 Å². The highest BCUT2D eigenvalue weighted by Crippen LogP contribution is 2.23. The lowest BCUT2D eigenvalue weighted by atomic mass is 10.3. The van der Waals surface area contributed by atoms with Crippen LogP contribution >= 0.6 is 11.6 Å². The first kappa shape index (κ1) is 16.5. The van der Waals surface area contributed by atoms with E-state index < -0.39 is 10.0 Å². The number of hydrogen-bond donors (Lipinski definition) is 3. The van der Waals surface area contributed by atoms with Gasteiger partial charge in [0.15, 0.2) is 0 Å². The van der Waals surface area contributed by atoms with Gasteiger partial charge in [-0.1, -0.05) is 11.6 Å². The number of hydrogen-bond acceptors (Lipinski definition) is 4. The van der Waals surface area contributed by atoms with Crippen LogP contribution in [0, 0.1) is 0 Å². The number of nitrogens with zero attached hydrogens (tertiary/aromatic N) is 1. The molecule has 0 unspecified atom stereocenters. The Hall–Kier alpha value is -1.51. The predicted octanol–water partition coefficient (Wildman–Crippen LogP) is 0.472. The van der Waals surface area contributed by atoms with Gasteiger partial charge in [-0.05, 0) is 18.2 Å². The van der Waals surface area contributed by atoms with Crippen molar-refractivity contribution in [3.63, 3.8) is 0 Å². The molecule has 0 bridgehead atoms. The molecule has 0 radical (unpaired) electrons. The van der Waals surface area contributed by atoms with E-state index in [9.17, 15) is 13.2 Å². The molecule has 0 spiro atoms. The normalized spacial score (nSPS) is 11.2. The smallest absolute Gasteiger partial charge is 0.316 e. The molecule has 0 aliphatic carbocycles. The zero-order valence-corrected chi connectivity index (χ0v) is 12.8. The van der Waals surface area contributed by atoms with Crippen LogP contribution in [0.15, 0.2) is 23.1 Å². The summed E-state index contributed by atoms with van der Waals surface area (Å²) in [4.78, 5) is 12.5. The van der Waals surface area contributed by atoms with Gasteiger partial charge in [-0.25, -0.2) is 17.9 Å². The highest BCUT2D eigenvalue weighted by Gasteiger charge is 2.17. The van der Waals surface area contributed by atoms with Crippen LogP contribution < -0.4 is 15.8 Å². The highest BCUT2D eigenvalue weighted by atomic mass is 35.5. The Morgan fingerprint density at radius 1 is 1.35 bits per heavy atom. The Balaban J connectivity index is 2.60. The van der Waals surface area contributed by atoms with Crippen LogP contribution in [0.25, 0.3) is 0 Å². The second-order valence-corrected chi connectivity index (χ2v) is 6.36. The summed E-state index contributed by atoms with van der Waals surface area (Å²) in [7, 11) is -0.546. The summed E-state index contributed by atoms with van der Waals surface area (Å²) >= 11 is 5.84. The van der Waals surface area contributed by atoms with Crippen LogP contribution in [0.5, 0.6) is 0 Å². The number of urea groups is 1. The maximum Gasteiger partial charge on any atom is 0.316 e. The van der Waals surface area contributed by atoms with Crippen molar-refractivity contribution in [1.82, 2.24) is 14.9 Å². The Morgan fingerprint density at radius 2 is 2.00 bits per heavy atom. The van der Waals surface area contributed by atoms with Crippen molar-refractivity contribution < 1.29 is 13.2 Å². The average molecular weight is 321 g/mol. The first-order chi connectivity index (χ1) is 9.24. The Labute approximate surface area is 123 Å². The van der Waals surface area contributed by atoms with Gasteiger partial charge in [0.25, 0.3) is 0 Å². The fraction of sp³-hybridized carbons (Fsp3) is 0.364. The Kier molecular flexibility index (Phi) is 5.61. The molecule has 112 valence electrons. The molecule has 4 N–H and O–H groups in total. The van der Waals surface area contributed by atoms with E-state index in [1.54, 1.807) is 14.1 Å². The quantitative estimate of drug-likeness (QED) is 0.542. The maximum atomic E-state index is 12.0. The topological polar surface area (TPSA) is 105 Å². The van der Waals surface area contributed by atoms with Crippen LogP contribution in [-0.2, 0) is 10.0 Å². The van der Waals surface area contributed by atoms with Gasteiger partial charge in [-0.3, -0.25) is 0 Å². The second-order valence-electron chi connectivity index (χ2n) is 4.21. The van der Waals surface area contributed by atoms with Crippen molar-refractivity contribution in [2.45, 2.75) is 4.90 Å². The van der Waals surface area contributed by atoms with Crippen molar-refractivity contribution in [3.05, 3.63) is 23.2 Å². The molecule has 2 amide bonds. The molecule has 0 fully saturated rings. The van der Waals surface area contributed by atoms with Gasteiger partial charge in [-0.15, -0.1) is 0 Å². The van der Waals surface area contributed by atoms with Crippen molar-refractivity contribution >= 4 is 33.3 Å². The Bertz CT molecular complexity index is 589. The van der Waals surface area contributed by atoms with Gasteiger partial charge in [0, 0.05) is 32.9 Å². The van der Waals surface area contributed by atoms with Crippen molar-refractivity contribution in [2.24, 2.45) is 0 Å². The molecule has 7 nitrogen and oxygen atoms in total. The lowest BCUT2D eigenvalue weighted by Crippen LogP contribution is -2.39. The number of sulfonamides is 1. The summed E-state index contributed by atoms with van der Waals surface area (Å²) in [6.07, 6.45) is 0. The van der Waals surface area contributed by atoms with Crippen molar-refractivity contribution in [2.75, 3.05) is 32.9 Å². The summed E-state index contributed by atoms with van der Waals surface area (Å²) < 4.78 is 26.3. The maximum absolute atomic E-state index is 12.0. The van der Waals surface area contributed by atoms with Gasteiger partial charge in [0.2, 0.25) is 10.0 Å². The summed E-state index contributed by atoms with van der Waals surface area (Å²) in [6, 6.07) is 3.85. The van der Waals surface area contributed by atoms with E-state index in [0.29, 0.717) is 5.69 Å². The summed E-state index contributed by atoms with van der Waals surface area (Å²) in [5.74, 6) is 0. The van der Waals surface area contributed by atoms with Gasteiger partial charge in [0.05, 0.1) is 5.02 Å². The molecule has 9 heteroatoms. The number of nitrogens with one attached hydrogen (secondary N) is 2. The largest absolute Gasteiger partial charge is 0.399 e. The van der Waals surface area contributed by atoms with Crippen LogP contribution in [0.3, 0.4) is 0 Å². The molecule has 0 aliphatic heterocycles. The zero-order valence-electron chi connectivity index (χ0n) is 11.2. The van der Waals surface area contributed by atoms with Crippen molar-refractivity contribution in [3.8, 4) is 0 Å². The second kappa shape index (κ2) is 6.78. The number of nitrogen functional groups attached to an aromatic ring is 1. The molecule has 0 aliphatic rings. The Morgan fingerprint density at radius 3 is 2.55 bits per heavy atom. The lowest BCUT2D eigenvalue weighted by molar-refractivity contribution is 0.217. The van der Waals surface area contributed by atoms with E-state index >= 15 is 0 Å². The van der Waals surface area contributed by atoms with E-state index in [1.807, 2.05) is 0 Å². The van der Waals surface area contributed by atoms with E-state index in [-0.39, 0.29) is 29.0 Å². The van der Waals surface area contributed by atoms with E-state index in [4.69, 9.17) is 17.3 Å². The van der Waals surface area contributed by atoms with Gasteiger partial charge in [0.1, 0.15) is 4.90 Å². The third-order valence-corrected chi connectivity index (χ3v) is 4.29. The molecule has 1 rings (SSSR count). The fourth-order valence-corrected chi connectivity index (χ4v) is 2.91. The number of nitrogens with two attached hydrogens (primary N) is 1. The van der Waals surface area contributed by atoms with Gasteiger partial charge < -0.3 is 16.0 Å². The molecule has 1 aromatic rings. The third kappa shape index (κ3) is 4.55. The summed E-state index contributed by atoms with van der Waals surface area (Å²) in [6.45, 7) is 0.228. The van der Waals surface area contributed by atoms with Crippen LogP contribution in [0.4, 0.5) is 10.5 Å². The molecule has 0 saturated carbocycles. The molecule has 0 saturated heterocycles. The van der Waals surface area contributed by atoms with E-state index in [2.05, 4.69) is 10.0 Å². The number of carbonyl (C=O) groups is 1. The standard InChI is InChI=1S/C11H17ClN4O3S/c1-16(2)11(17)14-5-6-15-20(18,19)10-4-3-8(13)7-9(10)12/h3-4,7,15H,5-6,13H2,1-2H3,(H,14,17). The van der Waals surface area contributed by atoms with E-state index in [1.165, 1.54) is 23.1 Å². The third-order valence-electron chi connectivity index (χ3n) is 2.34. The first-order valence-electron chi connectivity index (χ1n) is 5.74. The molecular formula is C11H17ClN4O3S. The van der Waals surface area contributed by atoms with Crippen LogP contribution in [0.2, 0.25) is 5.02 Å². The predicted molar refractivity (Wildman–Crippen MR) is 78.1 cm³/mol. The number of amides is 2. The van der Waals surface area contributed by atoms with Gasteiger partial charge in [-0.2, -0.15) is 0 Å². The number of carbonyl (C=O) groups excluding carboxylic acids is 1. The fourth-order valence-electron chi connectivity index (χ4n) is 1.33. The number of halogens is 1. The van der Waals surface area contributed by atoms with Crippen molar-refractivity contribution in [1.29, 1.82) is 0 Å². The summed E-state index contributed by atoms with van der Waals surface area (Å²) in [5.41, 5.74) is 5.88. The molecule has 1 aromatic carbocycles. The number of rotatable bonds is 5. The van der Waals surface area contributed by atoms with E-state index in [0.717, 1.165) is 0 Å². The van der Waals surface area contributed by atoms with Crippen LogP contribution in [0.1, 0.15) is 0 Å². The number of anilines is 1. The minimum absolute atomic E-state index is 0.0488. The number of benzene rings is 1. The minimum Gasteiger partial charge on any atom is -0.399 e. The molecule has 0 heterocycles. The molecular weight excluding hydrogens is 304 g/mol. The molecule has 0 atom stereocenters. The summed E-state index contributed by atoms with van der Waals surface area (Å²) in [5, 5.41) is 2.59. The molecule has 0 aromatic heterocycles. The monoisotopic (exact) mass is 320 g/mol. The zero-order chi connectivity index (χ0) is 15.3. The highest BCUT2D eigenvalue weighted by molar-refractivity contribution is 7.89. The lowest BCUT2D eigenvalue weighted by Gasteiger charge is -2.12. The molecule has 20 heavy (non-hydrogen) atoms. The minimum atomic E-state index is -3.73. The van der Waals surface area contributed by atoms with Crippen LogP contribution in [-0.4, -0.2) is 46.5 Å². The average Bonchev–Trinajstić information content (AvgIpc) is 2.33. The SMILES string of the molecule is CN(C)C(=O)NCCNS(=O)(=O)c1ccc(N)cc1Cl.